The van der Waals surface area contributed by atoms with E-state index in [1.54, 1.807) is 4.90 Å². The number of H-pyrrole nitrogens is 1. The highest BCUT2D eigenvalue weighted by Crippen LogP contribution is 2.40. The zero-order valence-corrected chi connectivity index (χ0v) is 22.0. The minimum Gasteiger partial charge on any atom is -0.367 e. The molecule has 2 amide bonds. The van der Waals surface area contributed by atoms with Crippen LogP contribution in [-0.4, -0.2) is 53.9 Å². The number of benzene rings is 2. The molecular weight excluding hydrogens is 556 g/mol. The summed E-state index contributed by atoms with van der Waals surface area (Å²) >= 11 is 0. The molecule has 1 saturated heterocycles. The molecule has 2 atom stereocenters. The van der Waals surface area contributed by atoms with Gasteiger partial charge in [-0.1, -0.05) is 6.07 Å². The lowest BCUT2D eigenvalue weighted by atomic mass is 9.99. The van der Waals surface area contributed by atoms with Crippen molar-refractivity contribution in [3.8, 4) is 11.1 Å². The van der Waals surface area contributed by atoms with Crippen molar-refractivity contribution in [1.29, 1.82) is 0 Å². The van der Waals surface area contributed by atoms with Crippen LogP contribution < -0.4 is 21.5 Å². The molecule has 3 aromatic rings. The van der Waals surface area contributed by atoms with Gasteiger partial charge >= 0.3 is 6.18 Å². The lowest BCUT2D eigenvalue weighted by Crippen LogP contribution is -2.55. The van der Waals surface area contributed by atoms with Gasteiger partial charge in [0, 0.05) is 43.5 Å². The number of pyridine rings is 1. The Bertz CT molecular complexity index is 1580. The first kappa shape index (κ1) is 29.6. The minimum atomic E-state index is -5.10. The summed E-state index contributed by atoms with van der Waals surface area (Å²) in [6.45, 7) is 4.22. The van der Waals surface area contributed by atoms with Gasteiger partial charge in [-0.2, -0.15) is 13.2 Å². The first-order chi connectivity index (χ1) is 19.1. The van der Waals surface area contributed by atoms with Gasteiger partial charge in [-0.25, -0.2) is 13.2 Å². The topological polar surface area (TPSA) is 112 Å². The standard InChI is InChI=1S/C27H25F6N5O3/c1-12-10-38(11-13(2)37(12)3)20-8-19(29)22(14-4-5-15(25(34)40)18(28)6-14)23(30)24(20)36-26(41)16-9-35-21(39)7-17(16)27(31,32)33/h4-9,12-13H,10-11H2,1-3H3,(H2,34,40)(H,35,39)(H,36,41). The summed E-state index contributed by atoms with van der Waals surface area (Å²) in [5.41, 5.74) is -1.09. The Morgan fingerprint density at radius 1 is 1.00 bits per heavy atom. The molecule has 1 aliphatic rings. The number of nitrogens with one attached hydrogen (secondary N) is 2. The number of likely N-dealkylation sites (N-methyl/N-ethyl adjacent to an activating group) is 1. The van der Waals surface area contributed by atoms with Gasteiger partial charge in [0.2, 0.25) is 5.56 Å². The Morgan fingerprint density at radius 2 is 1.63 bits per heavy atom. The van der Waals surface area contributed by atoms with Gasteiger partial charge < -0.3 is 20.9 Å². The molecule has 1 aromatic heterocycles. The van der Waals surface area contributed by atoms with Crippen molar-refractivity contribution in [3.05, 3.63) is 81.0 Å². The van der Waals surface area contributed by atoms with Crippen LogP contribution in [0.4, 0.5) is 37.7 Å². The summed E-state index contributed by atoms with van der Waals surface area (Å²) in [5.74, 6) is -6.25. The number of alkyl halides is 3. The lowest BCUT2D eigenvalue weighted by Gasteiger charge is -2.44. The van der Waals surface area contributed by atoms with Crippen LogP contribution in [-0.2, 0) is 6.18 Å². The Balaban J connectivity index is 1.90. The van der Waals surface area contributed by atoms with Gasteiger partial charge in [-0.05, 0) is 38.6 Å². The van der Waals surface area contributed by atoms with E-state index in [1.165, 1.54) is 0 Å². The second-order valence-corrected chi connectivity index (χ2v) is 9.85. The number of nitrogens with two attached hydrogens (primary N) is 1. The van der Waals surface area contributed by atoms with Crippen molar-refractivity contribution >= 4 is 23.2 Å². The van der Waals surface area contributed by atoms with Gasteiger partial charge in [0.15, 0.2) is 5.82 Å². The molecule has 1 fully saturated rings. The van der Waals surface area contributed by atoms with E-state index < -0.39 is 68.9 Å². The molecule has 1 aliphatic heterocycles. The number of amides is 2. The first-order valence-electron chi connectivity index (χ1n) is 12.3. The zero-order chi connectivity index (χ0) is 30.4. The molecule has 0 spiro atoms. The van der Waals surface area contributed by atoms with Crippen LogP contribution in [0.25, 0.3) is 11.1 Å². The summed E-state index contributed by atoms with van der Waals surface area (Å²) < 4.78 is 87.1. The first-order valence-corrected chi connectivity index (χ1v) is 12.3. The molecule has 4 rings (SSSR count). The van der Waals surface area contributed by atoms with Crippen LogP contribution >= 0.6 is 0 Å². The molecule has 0 bridgehead atoms. The van der Waals surface area contributed by atoms with Gasteiger partial charge in [0.05, 0.1) is 27.9 Å². The summed E-state index contributed by atoms with van der Waals surface area (Å²) in [6.07, 6.45) is -4.56. The van der Waals surface area contributed by atoms with Crippen molar-refractivity contribution in [3.63, 3.8) is 0 Å². The summed E-state index contributed by atoms with van der Waals surface area (Å²) in [7, 11) is 1.86. The third kappa shape index (κ3) is 5.78. The predicted molar refractivity (Wildman–Crippen MR) is 139 cm³/mol. The number of rotatable bonds is 5. The number of primary amides is 1. The Hall–Kier alpha value is -4.33. The van der Waals surface area contributed by atoms with Crippen LogP contribution in [0.1, 0.15) is 40.1 Å². The fourth-order valence-electron chi connectivity index (χ4n) is 4.79. The smallest absolute Gasteiger partial charge is 0.367 e. The molecule has 4 N–H and O–H groups in total. The van der Waals surface area contributed by atoms with Crippen LogP contribution in [0, 0.1) is 17.5 Å². The normalized spacial score (nSPS) is 17.9. The molecule has 14 heteroatoms. The average molecular weight is 582 g/mol. The van der Waals surface area contributed by atoms with Crippen molar-refractivity contribution in [2.75, 3.05) is 30.4 Å². The third-order valence-electron chi connectivity index (χ3n) is 7.13. The number of piperazine rings is 1. The molecule has 2 unspecified atom stereocenters. The Kier molecular flexibility index (Phi) is 7.89. The van der Waals surface area contributed by atoms with Gasteiger partial charge in [0.25, 0.3) is 11.8 Å². The van der Waals surface area contributed by atoms with E-state index in [4.69, 9.17) is 5.73 Å². The second-order valence-electron chi connectivity index (χ2n) is 9.85. The fourth-order valence-corrected chi connectivity index (χ4v) is 4.79. The van der Waals surface area contributed by atoms with Crippen molar-refractivity contribution in [1.82, 2.24) is 9.88 Å². The number of carbonyl (C=O) groups excluding carboxylic acids is 2. The number of aromatic nitrogens is 1. The number of carbonyl (C=O) groups is 2. The number of aromatic amines is 1. The summed E-state index contributed by atoms with van der Waals surface area (Å²) in [4.78, 5) is 41.7. The van der Waals surface area contributed by atoms with E-state index in [9.17, 15) is 31.9 Å². The quantitative estimate of drug-likeness (QED) is 0.388. The maximum atomic E-state index is 16.2. The van der Waals surface area contributed by atoms with Crippen LogP contribution in [0.3, 0.4) is 0 Å². The molecule has 2 heterocycles. The number of anilines is 2. The number of hydrogen-bond donors (Lipinski definition) is 3. The summed E-state index contributed by atoms with van der Waals surface area (Å²) in [6, 6.07) is 3.51. The maximum Gasteiger partial charge on any atom is 0.417 e. The van der Waals surface area contributed by atoms with E-state index in [1.807, 2.05) is 30.8 Å². The number of hydrogen-bond acceptors (Lipinski definition) is 5. The molecule has 218 valence electrons. The van der Waals surface area contributed by atoms with E-state index in [2.05, 4.69) is 5.32 Å². The average Bonchev–Trinajstić information content (AvgIpc) is 2.87. The van der Waals surface area contributed by atoms with Gasteiger partial charge in [-0.3, -0.25) is 19.3 Å². The number of halogens is 6. The highest BCUT2D eigenvalue weighted by molar-refractivity contribution is 6.07. The maximum absolute atomic E-state index is 16.2. The molecule has 0 aliphatic carbocycles. The van der Waals surface area contributed by atoms with Crippen molar-refractivity contribution in [2.24, 2.45) is 5.73 Å². The monoisotopic (exact) mass is 581 g/mol. The molecule has 8 nitrogen and oxygen atoms in total. The molecule has 2 aromatic carbocycles. The molecule has 41 heavy (non-hydrogen) atoms. The van der Waals surface area contributed by atoms with Gasteiger partial charge in [-0.15, -0.1) is 0 Å². The lowest BCUT2D eigenvalue weighted by molar-refractivity contribution is -0.138. The van der Waals surface area contributed by atoms with E-state index in [0.717, 1.165) is 18.2 Å². The fraction of sp³-hybridized carbons (Fsp3) is 0.296. The van der Waals surface area contributed by atoms with Crippen molar-refractivity contribution < 1.29 is 35.9 Å². The largest absolute Gasteiger partial charge is 0.417 e. The van der Waals surface area contributed by atoms with Gasteiger partial charge in [0.1, 0.15) is 17.3 Å². The SMILES string of the molecule is CC1CN(c2cc(F)c(-c3ccc(C(N)=O)c(F)c3)c(F)c2NC(=O)c2c[nH]c(=O)cc2C(F)(F)F)CC(C)N1C. The van der Waals surface area contributed by atoms with Crippen LogP contribution in [0.2, 0.25) is 0 Å². The molecule has 0 saturated carbocycles. The zero-order valence-electron chi connectivity index (χ0n) is 22.0. The highest BCUT2D eigenvalue weighted by atomic mass is 19.4. The number of nitrogens with zero attached hydrogens (tertiary/aromatic N) is 2. The third-order valence-corrected chi connectivity index (χ3v) is 7.13. The van der Waals surface area contributed by atoms with Crippen molar-refractivity contribution in [2.45, 2.75) is 32.1 Å². The summed E-state index contributed by atoms with van der Waals surface area (Å²) in [5, 5.41) is 2.12. The predicted octanol–water partition coefficient (Wildman–Crippen LogP) is 4.36. The molecular formula is C27H25F6N5O3. The Labute approximate surface area is 229 Å². The van der Waals surface area contributed by atoms with Crippen LogP contribution in [0.5, 0.6) is 0 Å². The Morgan fingerprint density at radius 3 is 2.20 bits per heavy atom. The minimum absolute atomic E-state index is 0.112. The second kappa shape index (κ2) is 10.9. The van der Waals surface area contributed by atoms with E-state index in [0.29, 0.717) is 12.3 Å². The van der Waals surface area contributed by atoms with E-state index >= 15 is 8.78 Å². The van der Waals surface area contributed by atoms with E-state index in [-0.39, 0.29) is 42.5 Å². The van der Waals surface area contributed by atoms with Crippen LogP contribution in [0.15, 0.2) is 41.3 Å². The highest BCUT2D eigenvalue weighted by Gasteiger charge is 2.37. The molecule has 0 radical (unpaired) electrons.